The highest BCUT2D eigenvalue weighted by Crippen LogP contribution is 2.24. The molecule has 0 spiro atoms. The Kier molecular flexibility index (Phi) is 5.50. The standard InChI is InChI=1S/C24H27NO2/c1-15(2)20-8-6-7-19(13-20)14-21-9-10-22(27-21)24(26)25-23-17(4)11-16(3)12-18(23)5/h6-13,15H,14H2,1-5H3,(H,25,26). The molecule has 1 aromatic heterocycles. The predicted molar refractivity (Wildman–Crippen MR) is 111 cm³/mol. The minimum Gasteiger partial charge on any atom is -0.456 e. The molecule has 3 rings (SSSR count). The molecule has 0 aliphatic heterocycles. The lowest BCUT2D eigenvalue weighted by Crippen LogP contribution is -2.13. The van der Waals surface area contributed by atoms with Crippen LogP contribution in [0.3, 0.4) is 0 Å². The van der Waals surface area contributed by atoms with Crippen LogP contribution in [-0.2, 0) is 6.42 Å². The van der Waals surface area contributed by atoms with Crippen molar-refractivity contribution in [2.24, 2.45) is 0 Å². The van der Waals surface area contributed by atoms with Gasteiger partial charge in [0.05, 0.1) is 0 Å². The van der Waals surface area contributed by atoms with Gasteiger partial charge in [-0.25, -0.2) is 0 Å². The molecule has 2 aromatic carbocycles. The van der Waals surface area contributed by atoms with E-state index in [4.69, 9.17) is 4.42 Å². The molecule has 0 saturated heterocycles. The van der Waals surface area contributed by atoms with Gasteiger partial charge in [-0.2, -0.15) is 0 Å². The molecule has 140 valence electrons. The van der Waals surface area contributed by atoms with Crippen LogP contribution in [0.2, 0.25) is 0 Å². The zero-order valence-corrected chi connectivity index (χ0v) is 16.7. The lowest BCUT2D eigenvalue weighted by molar-refractivity contribution is 0.0995. The zero-order valence-electron chi connectivity index (χ0n) is 16.7. The Labute approximate surface area is 161 Å². The van der Waals surface area contributed by atoms with Gasteiger partial charge in [-0.05, 0) is 61.1 Å². The summed E-state index contributed by atoms with van der Waals surface area (Å²) in [5.74, 6) is 1.40. The Hall–Kier alpha value is -2.81. The lowest BCUT2D eigenvalue weighted by atomic mass is 9.99. The Morgan fingerprint density at radius 1 is 1.00 bits per heavy atom. The fourth-order valence-electron chi connectivity index (χ4n) is 3.41. The molecule has 0 saturated carbocycles. The first kappa shape index (κ1) is 19.0. The topological polar surface area (TPSA) is 42.2 Å². The molecule has 1 heterocycles. The maximum atomic E-state index is 12.6. The van der Waals surface area contributed by atoms with Gasteiger partial charge in [0.25, 0.3) is 5.91 Å². The summed E-state index contributed by atoms with van der Waals surface area (Å²) in [5, 5.41) is 2.99. The smallest absolute Gasteiger partial charge is 0.291 e. The number of anilines is 1. The van der Waals surface area contributed by atoms with Crippen molar-refractivity contribution in [1.82, 2.24) is 0 Å². The van der Waals surface area contributed by atoms with Crippen LogP contribution in [0, 0.1) is 20.8 Å². The third kappa shape index (κ3) is 4.48. The number of carbonyl (C=O) groups is 1. The second-order valence-electron chi connectivity index (χ2n) is 7.57. The third-order valence-corrected chi connectivity index (χ3v) is 4.80. The molecule has 0 radical (unpaired) electrons. The Morgan fingerprint density at radius 3 is 2.37 bits per heavy atom. The predicted octanol–water partition coefficient (Wildman–Crippen LogP) is 6.17. The minimum atomic E-state index is -0.216. The van der Waals surface area contributed by atoms with Crippen molar-refractivity contribution in [3.63, 3.8) is 0 Å². The third-order valence-electron chi connectivity index (χ3n) is 4.80. The number of carbonyl (C=O) groups excluding carboxylic acids is 1. The van der Waals surface area contributed by atoms with Gasteiger partial charge >= 0.3 is 0 Å². The average Bonchev–Trinajstić information content (AvgIpc) is 3.06. The molecule has 27 heavy (non-hydrogen) atoms. The summed E-state index contributed by atoms with van der Waals surface area (Å²) >= 11 is 0. The summed E-state index contributed by atoms with van der Waals surface area (Å²) in [7, 11) is 0. The van der Waals surface area contributed by atoms with Crippen LogP contribution < -0.4 is 5.32 Å². The summed E-state index contributed by atoms with van der Waals surface area (Å²) in [6.07, 6.45) is 0.677. The number of aryl methyl sites for hydroxylation is 3. The van der Waals surface area contributed by atoms with Crippen LogP contribution in [0.1, 0.15) is 63.9 Å². The number of nitrogens with one attached hydrogen (secondary N) is 1. The van der Waals surface area contributed by atoms with Gasteiger partial charge in [0.1, 0.15) is 5.76 Å². The Morgan fingerprint density at radius 2 is 1.70 bits per heavy atom. The second-order valence-corrected chi connectivity index (χ2v) is 7.57. The summed E-state index contributed by atoms with van der Waals surface area (Å²) < 4.78 is 5.81. The minimum absolute atomic E-state index is 0.216. The number of amides is 1. The van der Waals surface area contributed by atoms with Crippen molar-refractivity contribution in [2.75, 3.05) is 5.32 Å². The summed E-state index contributed by atoms with van der Waals surface area (Å²) in [6.45, 7) is 10.4. The fraction of sp³-hybridized carbons (Fsp3) is 0.292. The maximum absolute atomic E-state index is 12.6. The van der Waals surface area contributed by atoms with E-state index < -0.39 is 0 Å². The molecule has 0 bridgehead atoms. The van der Waals surface area contributed by atoms with E-state index >= 15 is 0 Å². The van der Waals surface area contributed by atoms with E-state index in [1.54, 1.807) is 6.07 Å². The van der Waals surface area contributed by atoms with E-state index in [-0.39, 0.29) is 5.91 Å². The Bertz CT molecular complexity index is 943. The largest absolute Gasteiger partial charge is 0.456 e. The molecule has 0 fully saturated rings. The molecular weight excluding hydrogens is 334 g/mol. The van der Waals surface area contributed by atoms with Crippen molar-refractivity contribution in [3.8, 4) is 0 Å². The van der Waals surface area contributed by atoms with Crippen LogP contribution >= 0.6 is 0 Å². The number of benzene rings is 2. The number of rotatable bonds is 5. The van der Waals surface area contributed by atoms with Crippen LogP contribution in [0.5, 0.6) is 0 Å². The first-order chi connectivity index (χ1) is 12.8. The molecule has 3 heteroatoms. The van der Waals surface area contributed by atoms with Crippen LogP contribution in [0.15, 0.2) is 52.9 Å². The van der Waals surface area contributed by atoms with E-state index in [9.17, 15) is 4.79 Å². The molecule has 3 aromatic rings. The van der Waals surface area contributed by atoms with Gasteiger partial charge < -0.3 is 9.73 Å². The SMILES string of the molecule is Cc1cc(C)c(NC(=O)c2ccc(Cc3cccc(C(C)C)c3)o2)c(C)c1. The number of hydrogen-bond donors (Lipinski definition) is 1. The second kappa shape index (κ2) is 7.83. The highest BCUT2D eigenvalue weighted by atomic mass is 16.3. The zero-order chi connectivity index (χ0) is 19.6. The van der Waals surface area contributed by atoms with Crippen LogP contribution in [0.25, 0.3) is 0 Å². The number of hydrogen-bond acceptors (Lipinski definition) is 2. The van der Waals surface area contributed by atoms with E-state index in [1.165, 1.54) is 16.7 Å². The van der Waals surface area contributed by atoms with Crippen molar-refractivity contribution >= 4 is 11.6 Å². The molecule has 3 nitrogen and oxygen atoms in total. The fourth-order valence-corrected chi connectivity index (χ4v) is 3.41. The molecule has 1 amide bonds. The van der Waals surface area contributed by atoms with E-state index in [2.05, 4.69) is 62.5 Å². The molecule has 1 N–H and O–H groups in total. The van der Waals surface area contributed by atoms with Crippen LogP contribution in [-0.4, -0.2) is 5.91 Å². The summed E-state index contributed by atoms with van der Waals surface area (Å²) in [5.41, 5.74) is 6.64. The molecule has 0 aliphatic rings. The van der Waals surface area contributed by atoms with Crippen molar-refractivity contribution in [2.45, 2.75) is 47.0 Å². The van der Waals surface area contributed by atoms with Gasteiger partial charge in [0.2, 0.25) is 0 Å². The van der Waals surface area contributed by atoms with Crippen molar-refractivity contribution in [3.05, 3.63) is 87.9 Å². The highest BCUT2D eigenvalue weighted by Gasteiger charge is 2.14. The first-order valence-corrected chi connectivity index (χ1v) is 9.40. The van der Waals surface area contributed by atoms with Gasteiger partial charge in [-0.1, -0.05) is 55.8 Å². The van der Waals surface area contributed by atoms with E-state index in [0.717, 1.165) is 22.6 Å². The van der Waals surface area contributed by atoms with Gasteiger partial charge in [-0.15, -0.1) is 0 Å². The highest BCUT2D eigenvalue weighted by molar-refractivity contribution is 6.03. The normalized spacial score (nSPS) is 11.0. The van der Waals surface area contributed by atoms with E-state index in [1.807, 2.05) is 19.9 Å². The Balaban J connectivity index is 1.74. The van der Waals surface area contributed by atoms with Crippen molar-refractivity contribution < 1.29 is 9.21 Å². The molecule has 0 aliphatic carbocycles. The quantitative estimate of drug-likeness (QED) is 0.590. The van der Waals surface area contributed by atoms with Crippen molar-refractivity contribution in [1.29, 1.82) is 0 Å². The maximum Gasteiger partial charge on any atom is 0.291 e. The van der Waals surface area contributed by atoms with Gasteiger partial charge in [-0.3, -0.25) is 4.79 Å². The molecule has 0 unspecified atom stereocenters. The molecular formula is C24H27NO2. The lowest BCUT2D eigenvalue weighted by Gasteiger charge is -2.12. The monoisotopic (exact) mass is 361 g/mol. The average molecular weight is 361 g/mol. The van der Waals surface area contributed by atoms with Gasteiger partial charge in [0.15, 0.2) is 5.76 Å². The van der Waals surface area contributed by atoms with Gasteiger partial charge in [0, 0.05) is 12.1 Å². The summed E-state index contributed by atoms with van der Waals surface area (Å²) in [6, 6.07) is 16.3. The first-order valence-electron chi connectivity index (χ1n) is 9.40. The molecule has 0 atom stereocenters. The van der Waals surface area contributed by atoms with E-state index in [0.29, 0.717) is 18.1 Å². The summed E-state index contributed by atoms with van der Waals surface area (Å²) in [4.78, 5) is 12.6. The number of furan rings is 1. The van der Waals surface area contributed by atoms with Crippen LogP contribution in [0.4, 0.5) is 5.69 Å².